The molecular weight excluding hydrogens is 247 g/mol. The molecule has 0 aliphatic rings. The third kappa shape index (κ3) is 3.01. The summed E-state index contributed by atoms with van der Waals surface area (Å²) < 4.78 is 0. The van der Waals surface area contributed by atoms with Gasteiger partial charge >= 0.3 is 90.0 Å². The predicted octanol–water partition coefficient (Wildman–Crippen LogP) is 0.494. The summed E-state index contributed by atoms with van der Waals surface area (Å²) in [5.41, 5.74) is 6.31. The van der Waals surface area contributed by atoms with Crippen molar-refractivity contribution in [3.8, 4) is 0 Å². The van der Waals surface area contributed by atoms with Crippen molar-refractivity contribution in [1.29, 1.82) is 0 Å². The molecule has 1 radical (unpaired) electrons. The van der Waals surface area contributed by atoms with Gasteiger partial charge in [0.2, 0.25) is 0 Å². The zero-order valence-corrected chi connectivity index (χ0v) is 9.22. The zero-order chi connectivity index (χ0) is 10.6. The number of hydrogen-bond acceptors (Lipinski definition) is 3. The summed E-state index contributed by atoms with van der Waals surface area (Å²) in [4.78, 5) is 14.6. The number of rotatable bonds is 4. The monoisotopic (exact) mass is 259 g/mol. The van der Waals surface area contributed by atoms with Crippen molar-refractivity contribution in [2.45, 2.75) is 11.7 Å². The van der Waals surface area contributed by atoms with E-state index in [0.717, 1.165) is 5.56 Å². The van der Waals surface area contributed by atoms with Crippen LogP contribution in [0.15, 0.2) is 18.3 Å². The van der Waals surface area contributed by atoms with Gasteiger partial charge in [0, 0.05) is 0 Å². The average Bonchev–Trinajstić information content (AvgIpc) is 2.16. The summed E-state index contributed by atoms with van der Waals surface area (Å²) in [5.74, 6) is -0.732. The molecule has 14 heavy (non-hydrogen) atoms. The molecule has 75 valence electrons. The second-order valence-corrected chi connectivity index (χ2v) is 3.70. The summed E-state index contributed by atoms with van der Waals surface area (Å²) in [6.07, 6.45) is 2.09. The molecule has 1 rings (SSSR count). The molecular formula is C9H11N2O2Se. The topological polar surface area (TPSA) is 76.2 Å². The second-order valence-electron chi connectivity index (χ2n) is 3.00. The number of aromatic nitrogens is 1. The van der Waals surface area contributed by atoms with E-state index in [4.69, 9.17) is 10.8 Å². The van der Waals surface area contributed by atoms with E-state index in [1.807, 2.05) is 0 Å². The number of carbonyl (C=O) groups is 1. The molecule has 0 spiro atoms. The van der Waals surface area contributed by atoms with Crippen LogP contribution in [-0.2, 0) is 11.2 Å². The Bertz CT molecular complexity index is 313. The van der Waals surface area contributed by atoms with Crippen molar-refractivity contribution < 1.29 is 9.90 Å². The molecule has 1 aromatic heterocycles. The van der Waals surface area contributed by atoms with Crippen LogP contribution in [0.3, 0.4) is 0 Å². The Morgan fingerprint density at radius 3 is 2.79 bits per heavy atom. The third-order valence-corrected chi connectivity index (χ3v) is 2.72. The van der Waals surface area contributed by atoms with E-state index in [-0.39, 0.29) is 5.92 Å². The fraction of sp³-hybridized carbons (Fsp3) is 0.333. The molecule has 1 unspecified atom stereocenters. The molecule has 0 fully saturated rings. The minimum absolute atomic E-state index is 0.388. The summed E-state index contributed by atoms with van der Waals surface area (Å²) in [6.45, 7) is 0. The van der Waals surface area contributed by atoms with Gasteiger partial charge in [-0.1, -0.05) is 0 Å². The van der Waals surface area contributed by atoms with Crippen LogP contribution in [0, 0.1) is 5.92 Å². The Hall–Kier alpha value is -1.06. The number of carboxylic acids is 1. The van der Waals surface area contributed by atoms with E-state index >= 15 is 0 Å². The number of aliphatic carboxylic acids is 1. The Balaban J connectivity index is 2.67. The standard InChI is InChI=1S/C9H11N2O2Se/c10-8-2-1-6(4-11-8)3-7(5-14)9(12)13/h1-2,4,7H,3,5H2,(H2,10,11)(H,12,13). The Morgan fingerprint density at radius 1 is 1.64 bits per heavy atom. The molecule has 0 saturated carbocycles. The van der Waals surface area contributed by atoms with Crippen LogP contribution in [-0.4, -0.2) is 32.1 Å². The Kier molecular flexibility index (Phi) is 3.92. The molecule has 0 amide bonds. The Labute approximate surface area is 90.3 Å². The molecule has 1 heterocycles. The van der Waals surface area contributed by atoms with Crippen LogP contribution in [0.2, 0.25) is 5.32 Å². The number of carboxylic acid groups (broad SMARTS) is 1. The van der Waals surface area contributed by atoms with Gasteiger partial charge in [0.05, 0.1) is 0 Å². The maximum absolute atomic E-state index is 10.7. The number of hydrogen-bond donors (Lipinski definition) is 2. The van der Waals surface area contributed by atoms with Crippen LogP contribution >= 0.6 is 0 Å². The van der Waals surface area contributed by atoms with E-state index in [9.17, 15) is 4.79 Å². The van der Waals surface area contributed by atoms with Crippen LogP contribution < -0.4 is 5.73 Å². The van der Waals surface area contributed by atoms with E-state index in [2.05, 4.69) is 21.0 Å². The van der Waals surface area contributed by atoms with Gasteiger partial charge in [-0.05, 0) is 0 Å². The van der Waals surface area contributed by atoms with Gasteiger partial charge in [-0.3, -0.25) is 0 Å². The fourth-order valence-electron chi connectivity index (χ4n) is 1.06. The first-order valence-corrected chi connectivity index (χ1v) is 5.36. The van der Waals surface area contributed by atoms with Gasteiger partial charge in [-0.25, -0.2) is 0 Å². The average molecular weight is 258 g/mol. The molecule has 4 nitrogen and oxygen atoms in total. The summed E-state index contributed by atoms with van der Waals surface area (Å²) in [7, 11) is 0. The first-order chi connectivity index (χ1) is 6.63. The van der Waals surface area contributed by atoms with Gasteiger partial charge in [0.25, 0.3) is 0 Å². The SMILES string of the molecule is Nc1ccc(CC(C[Se])C(=O)O)cn1. The fourth-order valence-corrected chi connectivity index (χ4v) is 1.61. The molecule has 0 saturated heterocycles. The Morgan fingerprint density at radius 2 is 2.36 bits per heavy atom. The second kappa shape index (κ2) is 4.98. The van der Waals surface area contributed by atoms with Crippen LogP contribution in [0.5, 0.6) is 0 Å². The van der Waals surface area contributed by atoms with Crippen LogP contribution in [0.1, 0.15) is 5.56 Å². The zero-order valence-electron chi connectivity index (χ0n) is 7.51. The van der Waals surface area contributed by atoms with Gasteiger partial charge < -0.3 is 0 Å². The van der Waals surface area contributed by atoms with Gasteiger partial charge in [0.1, 0.15) is 0 Å². The molecule has 1 aromatic rings. The quantitative estimate of drug-likeness (QED) is 0.771. The van der Waals surface area contributed by atoms with Gasteiger partial charge in [-0.15, -0.1) is 0 Å². The summed E-state index contributed by atoms with van der Waals surface area (Å²) in [6, 6.07) is 3.47. The molecule has 0 aromatic carbocycles. The van der Waals surface area contributed by atoms with Gasteiger partial charge in [0.15, 0.2) is 0 Å². The first-order valence-electron chi connectivity index (χ1n) is 4.14. The number of nitrogen functional groups attached to an aromatic ring is 1. The maximum atomic E-state index is 10.7. The number of nitrogens with two attached hydrogens (primary N) is 1. The normalized spacial score (nSPS) is 12.4. The molecule has 0 bridgehead atoms. The van der Waals surface area contributed by atoms with E-state index in [0.29, 0.717) is 17.6 Å². The van der Waals surface area contributed by atoms with Crippen molar-refractivity contribution in [3.05, 3.63) is 23.9 Å². The third-order valence-electron chi connectivity index (χ3n) is 1.88. The van der Waals surface area contributed by atoms with E-state index in [1.165, 1.54) is 0 Å². The molecule has 3 N–H and O–H groups in total. The van der Waals surface area contributed by atoms with Crippen molar-refractivity contribution in [1.82, 2.24) is 4.98 Å². The van der Waals surface area contributed by atoms with Crippen LogP contribution in [0.4, 0.5) is 5.82 Å². The molecule has 0 aliphatic carbocycles. The van der Waals surface area contributed by atoms with Crippen molar-refractivity contribution in [2.24, 2.45) is 5.92 Å². The molecule has 5 heteroatoms. The van der Waals surface area contributed by atoms with Crippen molar-refractivity contribution in [3.63, 3.8) is 0 Å². The van der Waals surface area contributed by atoms with E-state index < -0.39 is 5.97 Å². The summed E-state index contributed by atoms with van der Waals surface area (Å²) >= 11 is 2.73. The predicted molar refractivity (Wildman–Crippen MR) is 54.0 cm³/mol. The first kappa shape index (κ1) is 11.0. The van der Waals surface area contributed by atoms with Crippen molar-refractivity contribution in [2.75, 3.05) is 5.73 Å². The molecule has 1 atom stereocenters. The molecule has 0 aliphatic heterocycles. The van der Waals surface area contributed by atoms with Crippen LogP contribution in [0.25, 0.3) is 0 Å². The number of pyridine rings is 1. The van der Waals surface area contributed by atoms with Gasteiger partial charge in [-0.2, -0.15) is 0 Å². The van der Waals surface area contributed by atoms with E-state index in [1.54, 1.807) is 18.3 Å². The summed E-state index contributed by atoms with van der Waals surface area (Å²) in [5, 5.41) is 9.32. The minimum atomic E-state index is -0.791. The number of anilines is 1. The van der Waals surface area contributed by atoms with Crippen molar-refractivity contribution >= 4 is 27.8 Å². The number of nitrogens with zero attached hydrogens (tertiary/aromatic N) is 1.